The van der Waals surface area contributed by atoms with Crippen molar-refractivity contribution in [2.45, 2.75) is 25.3 Å². The minimum Gasteiger partial charge on any atom is -0.481 e. The zero-order valence-electron chi connectivity index (χ0n) is 13.1. The van der Waals surface area contributed by atoms with Gasteiger partial charge >= 0.3 is 12.0 Å². The third kappa shape index (κ3) is 3.90. The van der Waals surface area contributed by atoms with Crippen molar-refractivity contribution in [3.8, 4) is 0 Å². The van der Waals surface area contributed by atoms with Crippen LogP contribution in [0.2, 0.25) is 0 Å². The Hall–Kier alpha value is -2.24. The van der Waals surface area contributed by atoms with Crippen molar-refractivity contribution < 1.29 is 14.7 Å². The van der Waals surface area contributed by atoms with Gasteiger partial charge in [-0.2, -0.15) is 0 Å². The summed E-state index contributed by atoms with van der Waals surface area (Å²) in [7, 11) is 3.68. The second kappa shape index (κ2) is 7.15. The molecule has 2 N–H and O–H groups in total. The number of aliphatic carboxylic acids is 1. The summed E-state index contributed by atoms with van der Waals surface area (Å²) in [6.45, 7) is 1.16. The number of rotatable bonds is 4. The van der Waals surface area contributed by atoms with E-state index in [0.717, 1.165) is 30.6 Å². The van der Waals surface area contributed by atoms with Crippen molar-refractivity contribution in [3.63, 3.8) is 0 Å². The predicted octanol–water partition coefficient (Wildman–Crippen LogP) is 2.07. The van der Waals surface area contributed by atoms with Crippen LogP contribution in [0.25, 0.3) is 0 Å². The SMILES string of the molecule is CN(CCC(=O)O)C(=O)NC1CCCN(C)c2ccccc21. The van der Waals surface area contributed by atoms with E-state index in [-0.39, 0.29) is 25.0 Å². The lowest BCUT2D eigenvalue weighted by Gasteiger charge is -2.24. The molecule has 0 bridgehead atoms. The molecule has 1 aromatic carbocycles. The molecule has 0 aromatic heterocycles. The van der Waals surface area contributed by atoms with E-state index in [2.05, 4.69) is 23.3 Å². The number of urea groups is 1. The number of carbonyl (C=O) groups is 2. The predicted molar refractivity (Wildman–Crippen MR) is 85.1 cm³/mol. The van der Waals surface area contributed by atoms with Crippen molar-refractivity contribution in [1.29, 1.82) is 0 Å². The lowest BCUT2D eigenvalue weighted by atomic mass is 10.0. The van der Waals surface area contributed by atoms with Crippen molar-refractivity contribution in [2.75, 3.05) is 32.1 Å². The maximum Gasteiger partial charge on any atom is 0.317 e. The fourth-order valence-electron chi connectivity index (χ4n) is 2.71. The van der Waals surface area contributed by atoms with Gasteiger partial charge in [0, 0.05) is 32.9 Å². The summed E-state index contributed by atoms with van der Waals surface area (Å²) < 4.78 is 0. The number of carboxylic acids is 1. The maximum absolute atomic E-state index is 12.2. The van der Waals surface area contributed by atoms with Crippen LogP contribution in [-0.2, 0) is 4.79 Å². The molecule has 0 saturated heterocycles. The largest absolute Gasteiger partial charge is 0.481 e. The van der Waals surface area contributed by atoms with Gasteiger partial charge in [-0.25, -0.2) is 4.79 Å². The summed E-state index contributed by atoms with van der Waals surface area (Å²) in [6.07, 6.45) is 1.82. The molecule has 6 nitrogen and oxygen atoms in total. The number of carboxylic acid groups (broad SMARTS) is 1. The number of amides is 2. The van der Waals surface area contributed by atoms with Crippen LogP contribution in [0.1, 0.15) is 30.9 Å². The number of hydrogen-bond donors (Lipinski definition) is 2. The first kappa shape index (κ1) is 16.1. The van der Waals surface area contributed by atoms with Crippen molar-refractivity contribution >= 4 is 17.7 Å². The van der Waals surface area contributed by atoms with Crippen LogP contribution in [0, 0.1) is 0 Å². The molecule has 1 atom stereocenters. The fourth-order valence-corrected chi connectivity index (χ4v) is 2.71. The van der Waals surface area contributed by atoms with E-state index in [1.807, 2.05) is 18.2 Å². The first-order valence-corrected chi connectivity index (χ1v) is 7.52. The molecule has 22 heavy (non-hydrogen) atoms. The van der Waals surface area contributed by atoms with E-state index in [1.54, 1.807) is 7.05 Å². The molecule has 0 spiro atoms. The van der Waals surface area contributed by atoms with E-state index in [4.69, 9.17) is 5.11 Å². The van der Waals surface area contributed by atoms with Crippen LogP contribution in [0.4, 0.5) is 10.5 Å². The second-order valence-electron chi connectivity index (χ2n) is 5.69. The van der Waals surface area contributed by atoms with E-state index in [0.29, 0.717) is 0 Å². The van der Waals surface area contributed by atoms with Gasteiger partial charge in [0.15, 0.2) is 0 Å². The number of carbonyl (C=O) groups excluding carboxylic acids is 1. The van der Waals surface area contributed by atoms with Gasteiger partial charge in [-0.3, -0.25) is 4.79 Å². The Kier molecular flexibility index (Phi) is 5.25. The van der Waals surface area contributed by atoms with Gasteiger partial charge in [0.05, 0.1) is 12.5 Å². The smallest absolute Gasteiger partial charge is 0.317 e. The summed E-state index contributed by atoms with van der Waals surface area (Å²) in [5.41, 5.74) is 2.25. The van der Waals surface area contributed by atoms with Crippen LogP contribution in [0.5, 0.6) is 0 Å². The molecular weight excluding hydrogens is 282 g/mol. The third-order valence-corrected chi connectivity index (χ3v) is 4.02. The Morgan fingerprint density at radius 2 is 2.14 bits per heavy atom. The van der Waals surface area contributed by atoms with Crippen LogP contribution >= 0.6 is 0 Å². The number of anilines is 1. The summed E-state index contributed by atoms with van der Waals surface area (Å²) in [5.74, 6) is -0.902. The zero-order chi connectivity index (χ0) is 16.1. The van der Waals surface area contributed by atoms with Crippen molar-refractivity contribution in [1.82, 2.24) is 10.2 Å². The number of hydrogen-bond acceptors (Lipinski definition) is 3. The molecule has 1 aromatic rings. The molecule has 2 amide bonds. The standard InChI is InChI=1S/C16H23N3O3/c1-18-10-5-7-13(12-6-3-4-8-14(12)18)17-16(22)19(2)11-9-15(20)21/h3-4,6,8,13H,5,7,9-11H2,1-2H3,(H,17,22)(H,20,21). The molecule has 6 heteroatoms. The molecule has 0 fully saturated rings. The van der Waals surface area contributed by atoms with Crippen LogP contribution in [0.3, 0.4) is 0 Å². The van der Waals surface area contributed by atoms with Gasteiger partial charge in [-0.1, -0.05) is 18.2 Å². The first-order valence-electron chi connectivity index (χ1n) is 7.52. The first-order chi connectivity index (χ1) is 10.5. The molecule has 1 aliphatic rings. The highest BCUT2D eigenvalue weighted by Crippen LogP contribution is 2.31. The second-order valence-corrected chi connectivity index (χ2v) is 5.69. The lowest BCUT2D eigenvalue weighted by molar-refractivity contribution is -0.137. The number of nitrogens with one attached hydrogen (secondary N) is 1. The van der Waals surface area contributed by atoms with E-state index in [1.165, 1.54) is 4.90 Å². The maximum atomic E-state index is 12.2. The lowest BCUT2D eigenvalue weighted by Crippen LogP contribution is -2.40. The average Bonchev–Trinajstić information content (AvgIpc) is 2.65. The number of para-hydroxylation sites is 1. The average molecular weight is 305 g/mol. The molecule has 1 aliphatic heterocycles. The quantitative estimate of drug-likeness (QED) is 0.893. The Balaban J connectivity index is 2.07. The summed E-state index contributed by atoms with van der Waals surface area (Å²) >= 11 is 0. The van der Waals surface area contributed by atoms with Gasteiger partial charge in [-0.05, 0) is 24.5 Å². The van der Waals surface area contributed by atoms with Crippen molar-refractivity contribution in [2.24, 2.45) is 0 Å². The Morgan fingerprint density at radius 1 is 1.41 bits per heavy atom. The minimum absolute atomic E-state index is 0.0408. The molecule has 0 saturated carbocycles. The van der Waals surface area contributed by atoms with E-state index < -0.39 is 5.97 Å². The summed E-state index contributed by atoms with van der Waals surface area (Å²) in [4.78, 5) is 26.5. The Morgan fingerprint density at radius 3 is 2.86 bits per heavy atom. The number of nitrogens with zero attached hydrogens (tertiary/aromatic N) is 2. The number of benzene rings is 1. The molecule has 1 heterocycles. The topological polar surface area (TPSA) is 72.9 Å². The van der Waals surface area contributed by atoms with Crippen LogP contribution in [-0.4, -0.2) is 49.2 Å². The van der Waals surface area contributed by atoms with E-state index >= 15 is 0 Å². The minimum atomic E-state index is -0.902. The van der Waals surface area contributed by atoms with Gasteiger partial charge in [0.25, 0.3) is 0 Å². The summed E-state index contributed by atoms with van der Waals surface area (Å²) in [5, 5.41) is 11.7. The monoisotopic (exact) mass is 305 g/mol. The highest BCUT2D eigenvalue weighted by molar-refractivity contribution is 5.76. The molecule has 0 aliphatic carbocycles. The Labute approximate surface area is 130 Å². The molecule has 2 rings (SSSR count). The van der Waals surface area contributed by atoms with Crippen LogP contribution in [0.15, 0.2) is 24.3 Å². The molecule has 1 unspecified atom stereocenters. The zero-order valence-corrected chi connectivity index (χ0v) is 13.1. The highest BCUT2D eigenvalue weighted by atomic mass is 16.4. The van der Waals surface area contributed by atoms with Gasteiger partial charge < -0.3 is 20.2 Å². The molecular formula is C16H23N3O3. The fraction of sp³-hybridized carbons (Fsp3) is 0.500. The summed E-state index contributed by atoms with van der Waals surface area (Å²) in [6, 6.07) is 7.81. The van der Waals surface area contributed by atoms with E-state index in [9.17, 15) is 9.59 Å². The molecule has 120 valence electrons. The normalized spacial score (nSPS) is 17.4. The van der Waals surface area contributed by atoms with Gasteiger partial charge in [0.2, 0.25) is 0 Å². The highest BCUT2D eigenvalue weighted by Gasteiger charge is 2.23. The van der Waals surface area contributed by atoms with Crippen LogP contribution < -0.4 is 10.2 Å². The van der Waals surface area contributed by atoms with Crippen molar-refractivity contribution in [3.05, 3.63) is 29.8 Å². The third-order valence-electron chi connectivity index (χ3n) is 4.02. The van der Waals surface area contributed by atoms with Gasteiger partial charge in [-0.15, -0.1) is 0 Å². The molecule has 0 radical (unpaired) electrons. The number of fused-ring (bicyclic) bond motifs is 1. The Bertz CT molecular complexity index is 547. The van der Waals surface area contributed by atoms with Gasteiger partial charge in [0.1, 0.15) is 0 Å².